The maximum Gasteiger partial charge on any atom is 0.173 e. The van der Waals surface area contributed by atoms with Crippen molar-refractivity contribution in [2.24, 2.45) is 5.11 Å². The molecular weight excluding hydrogens is 94.1 g/mol. The van der Waals surface area contributed by atoms with Gasteiger partial charge in [0.15, 0.2) is 5.82 Å². The number of H-pyrrole nitrogens is 1. The highest BCUT2D eigenvalue weighted by Gasteiger charge is 1.79. The summed E-state index contributed by atoms with van der Waals surface area (Å²) in [7, 11) is 0. The number of aromatic amines is 1. The van der Waals surface area contributed by atoms with E-state index in [2.05, 4.69) is 20.5 Å². The molecule has 0 aromatic carbocycles. The third kappa shape index (κ3) is 0.594. The highest BCUT2D eigenvalue weighted by molar-refractivity contribution is 5.17. The van der Waals surface area contributed by atoms with Crippen molar-refractivity contribution in [3.63, 3.8) is 0 Å². The molecule has 1 N–H and O–H groups in total. The van der Waals surface area contributed by atoms with Crippen molar-refractivity contribution in [2.75, 3.05) is 0 Å². The summed E-state index contributed by atoms with van der Waals surface area (Å²) in [6, 6.07) is 0. The number of nitrogens with zero attached hydrogens (tertiary/aromatic N) is 4. The van der Waals surface area contributed by atoms with Crippen LogP contribution >= 0.6 is 0 Å². The third-order valence-electron chi connectivity index (χ3n) is 0.505. The SMILES string of the molecule is [N-]=Nc1cn[nH]n1. The molecule has 0 saturated carbocycles. The smallest absolute Gasteiger partial charge is 0.173 e. The van der Waals surface area contributed by atoms with E-state index >= 15 is 0 Å². The first-order valence-electron chi connectivity index (χ1n) is 1.64. The number of aromatic nitrogens is 3. The molecule has 0 fully saturated rings. The Morgan fingerprint density at radius 3 is 3.00 bits per heavy atom. The van der Waals surface area contributed by atoms with E-state index in [1.165, 1.54) is 6.20 Å². The lowest BCUT2D eigenvalue weighted by molar-refractivity contribution is 0.939. The first-order valence-corrected chi connectivity index (χ1v) is 1.64. The highest BCUT2D eigenvalue weighted by Crippen LogP contribution is 1.98. The average molecular weight is 96.1 g/mol. The van der Waals surface area contributed by atoms with Crippen LogP contribution in [0.15, 0.2) is 11.3 Å². The summed E-state index contributed by atoms with van der Waals surface area (Å²) >= 11 is 0. The number of nitrogens with one attached hydrogen (secondary N) is 1. The summed E-state index contributed by atoms with van der Waals surface area (Å²) in [5, 5.41) is 11.7. The Hall–Kier alpha value is -1.26. The molecule has 1 aromatic rings. The molecule has 0 saturated heterocycles. The van der Waals surface area contributed by atoms with Crippen LogP contribution in [0.25, 0.3) is 5.53 Å². The fraction of sp³-hybridized carbons (Fsp3) is 0. The topological polar surface area (TPSA) is 76.2 Å². The van der Waals surface area contributed by atoms with Crippen LogP contribution in [-0.4, -0.2) is 15.4 Å². The summed E-state index contributed by atoms with van der Waals surface area (Å²) in [4.78, 5) is 0. The molecule has 36 valence electrons. The standard InChI is InChI=1S/C2H2N5/c3-5-2-1-4-7-6-2/h1H,(H,4,6,7)/q-1. The first-order chi connectivity index (χ1) is 3.43. The van der Waals surface area contributed by atoms with E-state index in [9.17, 15) is 0 Å². The van der Waals surface area contributed by atoms with E-state index in [1.54, 1.807) is 0 Å². The van der Waals surface area contributed by atoms with Gasteiger partial charge in [0.2, 0.25) is 0 Å². The van der Waals surface area contributed by atoms with Gasteiger partial charge in [-0.2, -0.15) is 10.3 Å². The van der Waals surface area contributed by atoms with Crippen molar-refractivity contribution in [3.05, 3.63) is 11.7 Å². The van der Waals surface area contributed by atoms with Gasteiger partial charge in [-0.15, -0.1) is 5.10 Å². The minimum atomic E-state index is 0.194. The summed E-state index contributed by atoms with van der Waals surface area (Å²) in [6.45, 7) is 0. The number of hydrogen-bond donors (Lipinski definition) is 1. The van der Waals surface area contributed by atoms with Gasteiger partial charge in [0.1, 0.15) is 0 Å². The van der Waals surface area contributed by atoms with Crippen LogP contribution in [0.1, 0.15) is 0 Å². The predicted octanol–water partition coefficient (Wildman–Crippen LogP) is 0.458. The summed E-state index contributed by atoms with van der Waals surface area (Å²) in [6.07, 6.45) is 1.31. The second-order valence-electron chi connectivity index (χ2n) is 0.928. The van der Waals surface area contributed by atoms with Gasteiger partial charge in [0.05, 0.1) is 6.20 Å². The van der Waals surface area contributed by atoms with E-state index in [-0.39, 0.29) is 5.82 Å². The van der Waals surface area contributed by atoms with Crippen LogP contribution in [0.4, 0.5) is 5.82 Å². The van der Waals surface area contributed by atoms with Gasteiger partial charge in [0.25, 0.3) is 0 Å². The average Bonchev–Trinajstić information content (AvgIpc) is 2.14. The summed E-state index contributed by atoms with van der Waals surface area (Å²) in [5.41, 5.74) is 7.93. The van der Waals surface area contributed by atoms with Gasteiger partial charge in [-0.1, -0.05) is 0 Å². The Kier molecular flexibility index (Phi) is 0.816. The van der Waals surface area contributed by atoms with Crippen LogP contribution in [0.5, 0.6) is 0 Å². The Morgan fingerprint density at radius 1 is 1.86 bits per heavy atom. The quantitative estimate of drug-likeness (QED) is 0.515. The molecule has 1 heterocycles. The Labute approximate surface area is 39.3 Å². The van der Waals surface area contributed by atoms with Gasteiger partial charge < -0.3 is 10.6 Å². The van der Waals surface area contributed by atoms with Crippen molar-refractivity contribution >= 4 is 5.82 Å². The number of rotatable bonds is 1. The van der Waals surface area contributed by atoms with E-state index in [1.807, 2.05) is 0 Å². The van der Waals surface area contributed by atoms with Crippen LogP contribution < -0.4 is 0 Å². The fourth-order valence-electron chi connectivity index (χ4n) is 0.244. The zero-order valence-electron chi connectivity index (χ0n) is 3.37. The van der Waals surface area contributed by atoms with Gasteiger partial charge in [-0.25, -0.2) is 0 Å². The molecular formula is C2H2N5-. The van der Waals surface area contributed by atoms with E-state index in [0.717, 1.165) is 0 Å². The zero-order valence-corrected chi connectivity index (χ0v) is 3.37. The third-order valence-corrected chi connectivity index (χ3v) is 0.505. The molecule has 0 spiro atoms. The molecule has 0 radical (unpaired) electrons. The Balaban J connectivity index is 2.96. The number of hydrogen-bond acceptors (Lipinski definition) is 3. The minimum absolute atomic E-state index is 0.194. The van der Waals surface area contributed by atoms with Crippen molar-refractivity contribution in [1.29, 1.82) is 0 Å². The molecule has 5 heteroatoms. The maximum atomic E-state index is 7.93. The molecule has 7 heavy (non-hydrogen) atoms. The summed E-state index contributed by atoms with van der Waals surface area (Å²) < 4.78 is 0. The molecule has 0 bridgehead atoms. The van der Waals surface area contributed by atoms with Gasteiger partial charge in [-0.3, -0.25) is 0 Å². The van der Waals surface area contributed by atoms with Gasteiger partial charge >= 0.3 is 0 Å². The van der Waals surface area contributed by atoms with Crippen molar-refractivity contribution < 1.29 is 0 Å². The van der Waals surface area contributed by atoms with E-state index in [0.29, 0.717) is 0 Å². The van der Waals surface area contributed by atoms with Crippen LogP contribution in [0, 0.1) is 0 Å². The van der Waals surface area contributed by atoms with Crippen molar-refractivity contribution in [1.82, 2.24) is 15.4 Å². The maximum absolute atomic E-state index is 7.93. The predicted molar refractivity (Wildman–Crippen MR) is 21.8 cm³/mol. The van der Waals surface area contributed by atoms with Gasteiger partial charge in [-0.05, 0) is 0 Å². The molecule has 0 unspecified atom stereocenters. The normalized spacial score (nSPS) is 8.57. The lowest BCUT2D eigenvalue weighted by Crippen LogP contribution is -1.63. The lowest BCUT2D eigenvalue weighted by atomic mass is 10.8. The largest absolute Gasteiger partial charge is 0.705 e. The van der Waals surface area contributed by atoms with E-state index in [4.69, 9.17) is 5.53 Å². The monoisotopic (exact) mass is 96.0 g/mol. The molecule has 1 aromatic heterocycles. The second-order valence-corrected chi connectivity index (χ2v) is 0.928. The minimum Gasteiger partial charge on any atom is -0.705 e. The van der Waals surface area contributed by atoms with Crippen LogP contribution in [0.2, 0.25) is 0 Å². The Morgan fingerprint density at radius 2 is 2.71 bits per heavy atom. The molecule has 1 rings (SSSR count). The molecule has 0 aliphatic carbocycles. The molecule has 0 amide bonds. The highest BCUT2D eigenvalue weighted by atomic mass is 15.4. The van der Waals surface area contributed by atoms with Crippen molar-refractivity contribution in [3.8, 4) is 0 Å². The Bertz CT molecular complexity index is 141. The molecule has 0 aliphatic rings. The van der Waals surface area contributed by atoms with Crippen molar-refractivity contribution in [2.45, 2.75) is 0 Å². The fourth-order valence-corrected chi connectivity index (χ4v) is 0.244. The second kappa shape index (κ2) is 1.46. The molecule has 0 atom stereocenters. The lowest BCUT2D eigenvalue weighted by Gasteiger charge is -1.78. The zero-order chi connectivity index (χ0) is 5.11. The first kappa shape index (κ1) is 3.91. The van der Waals surface area contributed by atoms with Crippen LogP contribution in [-0.2, 0) is 0 Å². The summed E-state index contributed by atoms with van der Waals surface area (Å²) in [5.74, 6) is 0.194. The molecule has 5 nitrogen and oxygen atoms in total. The molecule has 0 aliphatic heterocycles. The van der Waals surface area contributed by atoms with Gasteiger partial charge in [0, 0.05) is 0 Å². The van der Waals surface area contributed by atoms with Crippen LogP contribution in [0.3, 0.4) is 0 Å². The van der Waals surface area contributed by atoms with E-state index < -0.39 is 0 Å².